The van der Waals surface area contributed by atoms with Crippen LogP contribution in [0.3, 0.4) is 0 Å². The van der Waals surface area contributed by atoms with Gasteiger partial charge in [0.1, 0.15) is 11.6 Å². The highest BCUT2D eigenvalue weighted by Gasteiger charge is 2.06. The van der Waals surface area contributed by atoms with E-state index in [0.717, 1.165) is 0 Å². The molecule has 1 aromatic carbocycles. The van der Waals surface area contributed by atoms with E-state index in [0.29, 0.717) is 17.4 Å². The first-order valence-electron chi connectivity index (χ1n) is 3.48. The van der Waals surface area contributed by atoms with Crippen LogP contribution in [0, 0.1) is 12.7 Å². The van der Waals surface area contributed by atoms with Gasteiger partial charge in [-0.2, -0.15) is 0 Å². The fourth-order valence-electron chi connectivity index (χ4n) is 1.04. The quantitative estimate of drug-likeness (QED) is 0.631. The van der Waals surface area contributed by atoms with Gasteiger partial charge < -0.3 is 4.74 Å². The Kier molecular flexibility index (Phi) is 2.43. The third-order valence-electron chi connectivity index (χ3n) is 1.65. The largest absolute Gasteiger partial charge is 0.496 e. The average Bonchev–Trinajstić information content (AvgIpc) is 2.03. The molecule has 0 saturated heterocycles. The van der Waals surface area contributed by atoms with E-state index in [1.807, 2.05) is 0 Å². The molecule has 64 valence electrons. The molecule has 0 atom stereocenters. The molecule has 0 aliphatic rings. The molecule has 12 heavy (non-hydrogen) atoms. The molecule has 2 nitrogen and oxygen atoms in total. The van der Waals surface area contributed by atoms with Gasteiger partial charge in [0, 0.05) is 6.07 Å². The maximum absolute atomic E-state index is 12.7. The normalized spacial score (nSPS) is 9.58. The van der Waals surface area contributed by atoms with Crippen LogP contribution in [0.5, 0.6) is 5.75 Å². The van der Waals surface area contributed by atoms with E-state index in [1.165, 1.54) is 19.2 Å². The molecule has 0 aliphatic carbocycles. The first-order chi connectivity index (χ1) is 5.69. The van der Waals surface area contributed by atoms with E-state index >= 15 is 0 Å². The van der Waals surface area contributed by atoms with E-state index in [1.54, 1.807) is 6.92 Å². The standard InChI is InChI=1S/C9H9FO2/c1-6-3-7(10)4-9(12-2)8(6)5-11/h3-5H,1-2H3. The van der Waals surface area contributed by atoms with Crippen molar-refractivity contribution in [3.8, 4) is 5.75 Å². The highest BCUT2D eigenvalue weighted by Crippen LogP contribution is 2.21. The minimum atomic E-state index is -0.394. The molecule has 0 radical (unpaired) electrons. The Morgan fingerprint density at radius 2 is 2.17 bits per heavy atom. The van der Waals surface area contributed by atoms with Crippen LogP contribution in [0.2, 0.25) is 0 Å². The van der Waals surface area contributed by atoms with E-state index < -0.39 is 5.82 Å². The van der Waals surface area contributed by atoms with Crippen molar-refractivity contribution in [1.82, 2.24) is 0 Å². The maximum atomic E-state index is 12.7. The molecule has 1 aromatic rings. The zero-order valence-corrected chi connectivity index (χ0v) is 6.93. The van der Waals surface area contributed by atoms with Gasteiger partial charge in [0.25, 0.3) is 0 Å². The van der Waals surface area contributed by atoms with Crippen LogP contribution in [0.1, 0.15) is 15.9 Å². The summed E-state index contributed by atoms with van der Waals surface area (Å²) in [7, 11) is 1.40. The van der Waals surface area contributed by atoms with Gasteiger partial charge in [-0.15, -0.1) is 0 Å². The lowest BCUT2D eigenvalue weighted by Crippen LogP contribution is -1.94. The second-order valence-electron chi connectivity index (χ2n) is 2.46. The summed E-state index contributed by atoms with van der Waals surface area (Å²) < 4.78 is 17.6. The van der Waals surface area contributed by atoms with Crippen molar-refractivity contribution in [2.24, 2.45) is 0 Å². The van der Waals surface area contributed by atoms with Crippen molar-refractivity contribution in [1.29, 1.82) is 0 Å². The number of rotatable bonds is 2. The summed E-state index contributed by atoms with van der Waals surface area (Å²) in [6.07, 6.45) is 0.660. The number of halogens is 1. The Balaban J connectivity index is 3.33. The van der Waals surface area contributed by atoms with Crippen LogP contribution in [-0.4, -0.2) is 13.4 Å². The lowest BCUT2D eigenvalue weighted by molar-refractivity contribution is 0.112. The van der Waals surface area contributed by atoms with Gasteiger partial charge in [0.2, 0.25) is 0 Å². The first-order valence-corrected chi connectivity index (χ1v) is 3.48. The van der Waals surface area contributed by atoms with E-state index in [4.69, 9.17) is 4.74 Å². The van der Waals surface area contributed by atoms with E-state index in [9.17, 15) is 9.18 Å². The molecule has 0 unspecified atom stereocenters. The monoisotopic (exact) mass is 168 g/mol. The molecule has 0 bridgehead atoms. The second-order valence-corrected chi connectivity index (χ2v) is 2.46. The van der Waals surface area contributed by atoms with Crippen LogP contribution in [-0.2, 0) is 0 Å². The number of ether oxygens (including phenoxy) is 1. The molecule has 0 aromatic heterocycles. The van der Waals surface area contributed by atoms with Crippen LogP contribution in [0.25, 0.3) is 0 Å². The fourth-order valence-corrected chi connectivity index (χ4v) is 1.04. The Hall–Kier alpha value is -1.38. The SMILES string of the molecule is COc1cc(F)cc(C)c1C=O. The predicted octanol–water partition coefficient (Wildman–Crippen LogP) is 1.96. The summed E-state index contributed by atoms with van der Waals surface area (Å²) in [6.45, 7) is 1.66. The van der Waals surface area contributed by atoms with Crippen LogP contribution in [0.15, 0.2) is 12.1 Å². The third-order valence-corrected chi connectivity index (χ3v) is 1.65. The van der Waals surface area contributed by atoms with Gasteiger partial charge in [0.05, 0.1) is 12.7 Å². The molecule has 0 spiro atoms. The Bertz CT molecular complexity index is 308. The molecule has 0 amide bonds. The fraction of sp³-hybridized carbons (Fsp3) is 0.222. The van der Waals surface area contributed by atoms with Crippen molar-refractivity contribution in [2.75, 3.05) is 7.11 Å². The average molecular weight is 168 g/mol. The van der Waals surface area contributed by atoms with Gasteiger partial charge >= 0.3 is 0 Å². The van der Waals surface area contributed by atoms with Gasteiger partial charge in [-0.25, -0.2) is 4.39 Å². The summed E-state index contributed by atoms with van der Waals surface area (Å²) in [5.74, 6) is -0.113. The molecule has 0 fully saturated rings. The highest BCUT2D eigenvalue weighted by atomic mass is 19.1. The Morgan fingerprint density at radius 3 is 2.67 bits per heavy atom. The Morgan fingerprint density at radius 1 is 1.50 bits per heavy atom. The zero-order chi connectivity index (χ0) is 9.14. The number of hydrogen-bond donors (Lipinski definition) is 0. The summed E-state index contributed by atoms with van der Waals surface area (Å²) >= 11 is 0. The molecule has 1 rings (SSSR count). The predicted molar refractivity (Wildman–Crippen MR) is 43.1 cm³/mol. The van der Waals surface area contributed by atoms with Crippen LogP contribution >= 0.6 is 0 Å². The van der Waals surface area contributed by atoms with Crippen molar-refractivity contribution >= 4 is 6.29 Å². The number of aldehydes is 1. The molecule has 0 N–H and O–H groups in total. The second kappa shape index (κ2) is 3.34. The van der Waals surface area contributed by atoms with Gasteiger partial charge in [-0.3, -0.25) is 4.79 Å². The number of carbonyl (C=O) groups excluding carboxylic acids is 1. The minimum absolute atomic E-state index is 0.280. The van der Waals surface area contributed by atoms with Crippen molar-refractivity contribution in [2.45, 2.75) is 6.92 Å². The Labute approximate surface area is 70.0 Å². The molecule has 0 heterocycles. The molecule has 0 aliphatic heterocycles. The molecular weight excluding hydrogens is 159 g/mol. The number of aryl methyl sites for hydroxylation is 1. The van der Waals surface area contributed by atoms with E-state index in [-0.39, 0.29) is 5.75 Å². The lowest BCUT2D eigenvalue weighted by atomic mass is 10.1. The van der Waals surface area contributed by atoms with Gasteiger partial charge in [0.15, 0.2) is 6.29 Å². The number of carbonyl (C=O) groups is 1. The summed E-state index contributed by atoms with van der Waals surface area (Å²) in [6, 6.07) is 2.49. The van der Waals surface area contributed by atoms with Gasteiger partial charge in [-0.05, 0) is 18.6 Å². The van der Waals surface area contributed by atoms with Crippen LogP contribution < -0.4 is 4.74 Å². The summed E-state index contributed by atoms with van der Waals surface area (Å²) in [5, 5.41) is 0. The first kappa shape index (κ1) is 8.71. The van der Waals surface area contributed by atoms with E-state index in [2.05, 4.69) is 0 Å². The minimum Gasteiger partial charge on any atom is -0.496 e. The number of hydrogen-bond acceptors (Lipinski definition) is 2. The third kappa shape index (κ3) is 1.44. The molecule has 0 saturated carbocycles. The van der Waals surface area contributed by atoms with Gasteiger partial charge in [-0.1, -0.05) is 0 Å². The molecular formula is C9H9FO2. The van der Waals surface area contributed by atoms with Crippen molar-refractivity contribution < 1.29 is 13.9 Å². The molecule has 3 heteroatoms. The number of methoxy groups -OCH3 is 1. The maximum Gasteiger partial charge on any atom is 0.154 e. The number of benzene rings is 1. The van der Waals surface area contributed by atoms with Crippen LogP contribution in [0.4, 0.5) is 4.39 Å². The van der Waals surface area contributed by atoms with Crippen molar-refractivity contribution in [3.63, 3.8) is 0 Å². The zero-order valence-electron chi connectivity index (χ0n) is 6.93. The summed E-state index contributed by atoms with van der Waals surface area (Å²) in [4.78, 5) is 10.5. The highest BCUT2D eigenvalue weighted by molar-refractivity contribution is 5.81. The smallest absolute Gasteiger partial charge is 0.154 e. The topological polar surface area (TPSA) is 26.3 Å². The van der Waals surface area contributed by atoms with Crippen molar-refractivity contribution in [3.05, 3.63) is 29.1 Å². The summed E-state index contributed by atoms with van der Waals surface area (Å²) in [5.41, 5.74) is 0.987. The lowest BCUT2D eigenvalue weighted by Gasteiger charge is -2.05.